The van der Waals surface area contributed by atoms with Crippen molar-refractivity contribution < 1.29 is 9.47 Å². The van der Waals surface area contributed by atoms with Gasteiger partial charge in [-0.05, 0) is 40.3 Å². The van der Waals surface area contributed by atoms with Gasteiger partial charge in [-0.25, -0.2) is 9.97 Å². The standard InChI is InChI=1S/C14H16IN3O2/c1-19-5-6-20-13-4-2-3-11(7-13)8-16-14-17-9-12(15)10-18-14/h2-4,7,9-10H,5-6,8H2,1H3,(H,16,17,18). The number of aromatic nitrogens is 2. The van der Waals surface area contributed by atoms with Gasteiger partial charge in [0.25, 0.3) is 0 Å². The smallest absolute Gasteiger partial charge is 0.222 e. The summed E-state index contributed by atoms with van der Waals surface area (Å²) in [5.41, 5.74) is 1.11. The molecule has 0 aliphatic rings. The number of hydrogen-bond acceptors (Lipinski definition) is 5. The van der Waals surface area contributed by atoms with Crippen LogP contribution in [0.15, 0.2) is 36.7 Å². The van der Waals surface area contributed by atoms with E-state index in [0.29, 0.717) is 25.7 Å². The van der Waals surface area contributed by atoms with E-state index in [-0.39, 0.29) is 0 Å². The van der Waals surface area contributed by atoms with Crippen molar-refractivity contribution >= 4 is 28.5 Å². The molecule has 0 saturated heterocycles. The largest absolute Gasteiger partial charge is 0.491 e. The molecule has 5 nitrogen and oxygen atoms in total. The fourth-order valence-corrected chi connectivity index (χ4v) is 1.85. The Morgan fingerprint density at radius 3 is 2.75 bits per heavy atom. The van der Waals surface area contributed by atoms with Gasteiger partial charge in [-0.15, -0.1) is 0 Å². The molecular formula is C14H16IN3O2. The number of nitrogens with one attached hydrogen (secondary N) is 1. The molecule has 0 saturated carbocycles. The maximum Gasteiger partial charge on any atom is 0.222 e. The van der Waals surface area contributed by atoms with Crippen LogP contribution in [0.5, 0.6) is 5.75 Å². The summed E-state index contributed by atoms with van der Waals surface area (Å²) >= 11 is 2.18. The zero-order valence-corrected chi connectivity index (χ0v) is 13.3. The number of halogens is 1. The molecule has 106 valence electrons. The van der Waals surface area contributed by atoms with E-state index in [2.05, 4.69) is 37.9 Å². The Hall–Kier alpha value is -1.41. The van der Waals surface area contributed by atoms with Gasteiger partial charge in [-0.3, -0.25) is 0 Å². The number of benzene rings is 1. The van der Waals surface area contributed by atoms with E-state index in [0.717, 1.165) is 14.9 Å². The fraction of sp³-hybridized carbons (Fsp3) is 0.286. The number of ether oxygens (including phenoxy) is 2. The van der Waals surface area contributed by atoms with Crippen molar-refractivity contribution in [1.29, 1.82) is 0 Å². The molecule has 2 aromatic rings. The van der Waals surface area contributed by atoms with Crippen molar-refractivity contribution in [3.63, 3.8) is 0 Å². The predicted octanol–water partition coefficient (Wildman–Crippen LogP) is 2.72. The first-order valence-electron chi connectivity index (χ1n) is 6.20. The second-order valence-electron chi connectivity index (χ2n) is 4.07. The maximum absolute atomic E-state index is 5.57. The fourth-order valence-electron chi connectivity index (χ4n) is 1.57. The summed E-state index contributed by atoms with van der Waals surface area (Å²) in [5, 5.41) is 3.18. The second kappa shape index (κ2) is 8.01. The first-order valence-corrected chi connectivity index (χ1v) is 7.28. The lowest BCUT2D eigenvalue weighted by Gasteiger charge is -2.08. The van der Waals surface area contributed by atoms with E-state index >= 15 is 0 Å². The Labute approximate surface area is 131 Å². The van der Waals surface area contributed by atoms with E-state index in [1.54, 1.807) is 19.5 Å². The van der Waals surface area contributed by atoms with E-state index < -0.39 is 0 Å². The molecule has 0 aliphatic heterocycles. The van der Waals surface area contributed by atoms with Crippen molar-refractivity contribution in [2.24, 2.45) is 0 Å². The van der Waals surface area contributed by atoms with Crippen LogP contribution in [0.2, 0.25) is 0 Å². The normalized spacial score (nSPS) is 10.3. The van der Waals surface area contributed by atoms with Crippen molar-refractivity contribution in [2.45, 2.75) is 6.54 Å². The number of hydrogen-bond donors (Lipinski definition) is 1. The van der Waals surface area contributed by atoms with Crippen LogP contribution in [0, 0.1) is 3.57 Å². The van der Waals surface area contributed by atoms with Gasteiger partial charge in [-0.1, -0.05) is 12.1 Å². The van der Waals surface area contributed by atoms with Gasteiger partial charge < -0.3 is 14.8 Å². The molecule has 0 atom stereocenters. The van der Waals surface area contributed by atoms with Gasteiger partial charge in [0.1, 0.15) is 12.4 Å². The van der Waals surface area contributed by atoms with Crippen LogP contribution >= 0.6 is 22.6 Å². The van der Waals surface area contributed by atoms with Gasteiger partial charge in [-0.2, -0.15) is 0 Å². The lowest BCUT2D eigenvalue weighted by molar-refractivity contribution is 0.146. The molecule has 2 rings (SSSR count). The third-order valence-electron chi connectivity index (χ3n) is 2.53. The number of methoxy groups -OCH3 is 1. The topological polar surface area (TPSA) is 56.3 Å². The maximum atomic E-state index is 5.57. The molecule has 1 N–H and O–H groups in total. The average molecular weight is 385 g/mol. The van der Waals surface area contributed by atoms with Gasteiger partial charge >= 0.3 is 0 Å². The van der Waals surface area contributed by atoms with E-state index in [4.69, 9.17) is 9.47 Å². The summed E-state index contributed by atoms with van der Waals surface area (Å²) in [4.78, 5) is 8.40. The molecule has 0 amide bonds. The summed E-state index contributed by atoms with van der Waals surface area (Å²) in [7, 11) is 1.66. The van der Waals surface area contributed by atoms with Gasteiger partial charge in [0.15, 0.2) is 0 Å². The van der Waals surface area contributed by atoms with Gasteiger partial charge in [0.05, 0.1) is 6.61 Å². The molecule has 0 bridgehead atoms. The van der Waals surface area contributed by atoms with Crippen LogP contribution in [-0.4, -0.2) is 30.3 Å². The molecule has 1 heterocycles. The lowest BCUT2D eigenvalue weighted by Crippen LogP contribution is -2.06. The molecule has 20 heavy (non-hydrogen) atoms. The summed E-state index contributed by atoms with van der Waals surface area (Å²) < 4.78 is 11.5. The molecule has 1 aromatic heterocycles. The van der Waals surface area contributed by atoms with Crippen LogP contribution in [-0.2, 0) is 11.3 Å². The Morgan fingerprint density at radius 2 is 2.00 bits per heavy atom. The van der Waals surface area contributed by atoms with Crippen molar-refractivity contribution in [3.05, 3.63) is 45.8 Å². The first-order chi connectivity index (χ1) is 9.78. The molecule has 0 aliphatic carbocycles. The third kappa shape index (κ3) is 4.93. The Balaban J connectivity index is 1.89. The molecule has 0 radical (unpaired) electrons. The molecule has 6 heteroatoms. The van der Waals surface area contributed by atoms with Gasteiger partial charge in [0, 0.05) is 29.6 Å². The minimum atomic E-state index is 0.549. The highest BCUT2D eigenvalue weighted by molar-refractivity contribution is 14.1. The van der Waals surface area contributed by atoms with Gasteiger partial charge in [0.2, 0.25) is 5.95 Å². The number of anilines is 1. The monoisotopic (exact) mass is 385 g/mol. The van der Waals surface area contributed by atoms with Crippen LogP contribution in [0.4, 0.5) is 5.95 Å². The number of rotatable bonds is 7. The summed E-state index contributed by atoms with van der Waals surface area (Å²) in [6, 6.07) is 7.92. The highest BCUT2D eigenvalue weighted by atomic mass is 127. The minimum Gasteiger partial charge on any atom is -0.491 e. The van der Waals surface area contributed by atoms with Crippen LogP contribution in [0.1, 0.15) is 5.56 Å². The van der Waals surface area contributed by atoms with Crippen molar-refractivity contribution in [1.82, 2.24) is 9.97 Å². The van der Waals surface area contributed by atoms with E-state index in [1.807, 2.05) is 24.3 Å². The summed E-state index contributed by atoms with van der Waals surface area (Å²) in [5.74, 6) is 1.46. The molecule has 0 fully saturated rings. The summed E-state index contributed by atoms with van der Waals surface area (Å²) in [6.07, 6.45) is 3.56. The van der Waals surface area contributed by atoms with E-state index in [9.17, 15) is 0 Å². The minimum absolute atomic E-state index is 0.549. The summed E-state index contributed by atoms with van der Waals surface area (Å²) in [6.45, 7) is 1.79. The quantitative estimate of drug-likeness (QED) is 0.587. The Kier molecular flexibility index (Phi) is 6.00. The second-order valence-corrected chi connectivity index (χ2v) is 5.31. The predicted molar refractivity (Wildman–Crippen MR) is 85.9 cm³/mol. The Morgan fingerprint density at radius 1 is 1.20 bits per heavy atom. The first kappa shape index (κ1) is 15.0. The van der Waals surface area contributed by atoms with Crippen LogP contribution in [0.3, 0.4) is 0 Å². The SMILES string of the molecule is COCCOc1cccc(CNc2ncc(I)cn2)c1. The molecule has 0 unspecified atom stereocenters. The van der Waals surface area contributed by atoms with E-state index in [1.165, 1.54) is 0 Å². The Bertz CT molecular complexity index is 534. The zero-order chi connectivity index (χ0) is 14.2. The lowest BCUT2D eigenvalue weighted by atomic mass is 10.2. The highest BCUT2D eigenvalue weighted by Gasteiger charge is 1.99. The van der Waals surface area contributed by atoms with Crippen molar-refractivity contribution in [3.8, 4) is 5.75 Å². The molecule has 0 spiro atoms. The highest BCUT2D eigenvalue weighted by Crippen LogP contribution is 2.14. The van der Waals surface area contributed by atoms with Crippen LogP contribution in [0.25, 0.3) is 0 Å². The zero-order valence-electron chi connectivity index (χ0n) is 11.2. The van der Waals surface area contributed by atoms with Crippen LogP contribution < -0.4 is 10.1 Å². The molecule has 1 aromatic carbocycles. The van der Waals surface area contributed by atoms with Crippen molar-refractivity contribution in [2.75, 3.05) is 25.6 Å². The average Bonchev–Trinajstić information content (AvgIpc) is 2.47. The molecular weight excluding hydrogens is 369 g/mol. The number of nitrogens with zero attached hydrogens (tertiary/aromatic N) is 2. The third-order valence-corrected chi connectivity index (χ3v) is 3.08.